The lowest BCUT2D eigenvalue weighted by Gasteiger charge is -2.07. The molecule has 3 rings (SSSR count). The van der Waals surface area contributed by atoms with E-state index in [9.17, 15) is 13.2 Å². The van der Waals surface area contributed by atoms with Gasteiger partial charge >= 0.3 is 6.03 Å². The summed E-state index contributed by atoms with van der Waals surface area (Å²) in [5.74, 6) is 0. The second-order valence-electron chi connectivity index (χ2n) is 5.85. The zero-order valence-corrected chi connectivity index (χ0v) is 15.1. The summed E-state index contributed by atoms with van der Waals surface area (Å²) in [6.07, 6.45) is 1.50. The first-order chi connectivity index (χ1) is 12.3. The second kappa shape index (κ2) is 6.64. The van der Waals surface area contributed by atoms with E-state index in [1.165, 1.54) is 10.2 Å². The van der Waals surface area contributed by atoms with Crippen LogP contribution in [0, 0.1) is 6.92 Å². The molecule has 0 aliphatic rings. The largest absolute Gasteiger partial charge is 0.350 e. The van der Waals surface area contributed by atoms with E-state index in [0.717, 1.165) is 5.56 Å². The maximum Gasteiger partial charge on any atom is 0.332 e. The summed E-state index contributed by atoms with van der Waals surface area (Å²) in [5.41, 5.74) is 9.73. The highest BCUT2D eigenvalue weighted by molar-refractivity contribution is 7.90. The molecule has 3 aromatic rings. The van der Waals surface area contributed by atoms with Gasteiger partial charge in [0.2, 0.25) is 0 Å². The van der Waals surface area contributed by atoms with Crippen LogP contribution in [0.25, 0.3) is 10.9 Å². The minimum absolute atomic E-state index is 0.195. The van der Waals surface area contributed by atoms with Gasteiger partial charge in [0.05, 0.1) is 16.1 Å². The van der Waals surface area contributed by atoms with Gasteiger partial charge in [-0.3, -0.25) is 0 Å². The molecule has 2 aromatic carbocycles. The maximum atomic E-state index is 13.1. The molecule has 0 atom stereocenters. The van der Waals surface area contributed by atoms with Crippen LogP contribution in [0.5, 0.6) is 0 Å². The molecule has 134 valence electrons. The fourth-order valence-electron chi connectivity index (χ4n) is 2.66. The average molecular weight is 370 g/mol. The quantitative estimate of drug-likeness (QED) is 0.544. The lowest BCUT2D eigenvalue weighted by atomic mass is 10.1. The van der Waals surface area contributed by atoms with Gasteiger partial charge in [-0.25, -0.2) is 22.6 Å². The number of fused-ring (bicyclic) bond motifs is 1. The van der Waals surface area contributed by atoms with Gasteiger partial charge in [0.25, 0.3) is 10.0 Å². The van der Waals surface area contributed by atoms with Crippen LogP contribution >= 0.6 is 0 Å². The van der Waals surface area contributed by atoms with Crippen molar-refractivity contribution in [2.75, 3.05) is 0 Å². The number of nitrogens with zero attached hydrogens (tertiary/aromatic N) is 2. The van der Waals surface area contributed by atoms with E-state index in [1.54, 1.807) is 49.4 Å². The van der Waals surface area contributed by atoms with Crippen molar-refractivity contribution >= 4 is 32.7 Å². The summed E-state index contributed by atoms with van der Waals surface area (Å²) < 4.78 is 27.4. The lowest BCUT2D eigenvalue weighted by Crippen LogP contribution is -2.25. The van der Waals surface area contributed by atoms with E-state index in [4.69, 9.17) is 5.73 Å². The second-order valence-corrected chi connectivity index (χ2v) is 7.66. The topological polar surface area (TPSA) is 107 Å². The Hall–Kier alpha value is -3.13. The molecule has 0 saturated carbocycles. The van der Waals surface area contributed by atoms with Crippen molar-refractivity contribution in [2.24, 2.45) is 10.8 Å². The van der Waals surface area contributed by atoms with Gasteiger partial charge in [-0.2, -0.15) is 5.10 Å². The van der Waals surface area contributed by atoms with Crippen LogP contribution in [0.1, 0.15) is 18.1 Å². The molecule has 8 heteroatoms. The first-order valence-corrected chi connectivity index (χ1v) is 9.27. The van der Waals surface area contributed by atoms with Crippen LogP contribution in [-0.2, 0) is 10.0 Å². The number of hydrogen-bond acceptors (Lipinski definition) is 4. The number of aryl methyl sites for hydroxylation is 1. The normalized spacial score (nSPS) is 12.3. The summed E-state index contributed by atoms with van der Waals surface area (Å²) in [7, 11) is -3.78. The van der Waals surface area contributed by atoms with Gasteiger partial charge in [-0.15, -0.1) is 0 Å². The van der Waals surface area contributed by atoms with Gasteiger partial charge in [0.1, 0.15) is 0 Å². The number of carbonyl (C=O) groups is 1. The third-order valence-electron chi connectivity index (χ3n) is 3.98. The summed E-state index contributed by atoms with van der Waals surface area (Å²) >= 11 is 0. The van der Waals surface area contributed by atoms with E-state index in [2.05, 4.69) is 10.5 Å². The van der Waals surface area contributed by atoms with Crippen molar-refractivity contribution in [3.8, 4) is 0 Å². The standard InChI is InChI=1S/C18H18N4O3S/c1-12-7-9-14(10-8-12)26(24,25)22-11-16(13(2)20-21-18(19)23)15-5-3-4-6-17(15)22/h3-11H,1-2H3,(H3,19,21,23)/b20-13-. The van der Waals surface area contributed by atoms with Gasteiger partial charge in [0.15, 0.2) is 0 Å². The number of hydrazone groups is 1. The summed E-state index contributed by atoms with van der Waals surface area (Å²) in [5, 5.41) is 4.61. The molecular formula is C18H18N4O3S. The first-order valence-electron chi connectivity index (χ1n) is 7.83. The molecule has 0 unspecified atom stereocenters. The highest BCUT2D eigenvalue weighted by atomic mass is 32.2. The zero-order valence-electron chi connectivity index (χ0n) is 14.3. The molecule has 3 N–H and O–H groups in total. The lowest BCUT2D eigenvalue weighted by molar-refractivity contribution is 0.249. The SMILES string of the molecule is C/C(=N/NC(N)=O)c1cn(S(=O)(=O)c2ccc(C)cc2)c2ccccc12. The first kappa shape index (κ1) is 17.7. The Bertz CT molecular complexity index is 1110. The Morgan fingerprint density at radius 1 is 1.12 bits per heavy atom. The number of rotatable bonds is 4. The van der Waals surface area contributed by atoms with E-state index in [-0.39, 0.29) is 4.90 Å². The molecule has 1 aromatic heterocycles. The summed E-state index contributed by atoms with van der Waals surface area (Å²) in [6.45, 7) is 3.56. The number of primary amides is 1. The van der Waals surface area contributed by atoms with Crippen LogP contribution in [0.2, 0.25) is 0 Å². The van der Waals surface area contributed by atoms with E-state index in [1.807, 2.05) is 13.0 Å². The number of nitrogens with two attached hydrogens (primary N) is 1. The predicted octanol–water partition coefficient (Wildman–Crippen LogP) is 2.58. The van der Waals surface area contributed by atoms with Crippen molar-refractivity contribution in [3.63, 3.8) is 0 Å². The molecule has 0 bridgehead atoms. The van der Waals surface area contributed by atoms with Crippen LogP contribution in [-0.4, -0.2) is 24.1 Å². The maximum absolute atomic E-state index is 13.1. The number of amides is 2. The van der Waals surface area contributed by atoms with E-state index < -0.39 is 16.1 Å². The molecular weight excluding hydrogens is 352 g/mol. The predicted molar refractivity (Wildman–Crippen MR) is 101 cm³/mol. The molecule has 2 amide bonds. The Kier molecular flexibility index (Phi) is 4.52. The van der Waals surface area contributed by atoms with Crippen LogP contribution < -0.4 is 11.2 Å². The number of nitrogens with one attached hydrogen (secondary N) is 1. The van der Waals surface area contributed by atoms with E-state index in [0.29, 0.717) is 22.2 Å². The Morgan fingerprint density at radius 3 is 2.42 bits per heavy atom. The van der Waals surface area contributed by atoms with Gasteiger partial charge in [0, 0.05) is 17.1 Å². The molecule has 1 heterocycles. The molecule has 0 spiro atoms. The van der Waals surface area contributed by atoms with Crippen molar-refractivity contribution in [1.29, 1.82) is 0 Å². The Morgan fingerprint density at radius 2 is 1.77 bits per heavy atom. The van der Waals surface area contributed by atoms with Crippen molar-refractivity contribution in [2.45, 2.75) is 18.7 Å². The molecule has 0 aliphatic heterocycles. The molecule has 0 fully saturated rings. The number of hydrogen-bond donors (Lipinski definition) is 2. The number of urea groups is 1. The molecule has 0 saturated heterocycles. The van der Waals surface area contributed by atoms with Gasteiger partial charge in [-0.1, -0.05) is 35.9 Å². The third-order valence-corrected chi connectivity index (χ3v) is 5.67. The monoisotopic (exact) mass is 370 g/mol. The van der Waals surface area contributed by atoms with Crippen molar-refractivity contribution < 1.29 is 13.2 Å². The van der Waals surface area contributed by atoms with Gasteiger partial charge in [-0.05, 0) is 32.0 Å². The fraction of sp³-hybridized carbons (Fsp3) is 0.111. The molecule has 7 nitrogen and oxygen atoms in total. The Labute approximate surface area is 151 Å². The Balaban J connectivity index is 2.20. The van der Waals surface area contributed by atoms with Gasteiger partial charge < -0.3 is 5.73 Å². The molecule has 0 radical (unpaired) electrons. The van der Waals surface area contributed by atoms with Crippen molar-refractivity contribution in [3.05, 3.63) is 65.9 Å². The third kappa shape index (κ3) is 3.18. The van der Waals surface area contributed by atoms with Crippen LogP contribution in [0.4, 0.5) is 4.79 Å². The molecule has 0 aliphatic carbocycles. The van der Waals surface area contributed by atoms with Crippen LogP contribution in [0.15, 0.2) is 64.7 Å². The number of para-hydroxylation sites is 1. The summed E-state index contributed by atoms with van der Waals surface area (Å²) in [6, 6.07) is 13.0. The van der Waals surface area contributed by atoms with Crippen molar-refractivity contribution in [1.82, 2.24) is 9.40 Å². The average Bonchev–Trinajstić information content (AvgIpc) is 3.00. The number of benzene rings is 2. The number of aromatic nitrogens is 1. The zero-order chi connectivity index (χ0) is 18.9. The highest BCUT2D eigenvalue weighted by Crippen LogP contribution is 2.26. The smallest absolute Gasteiger partial charge is 0.332 e. The van der Waals surface area contributed by atoms with E-state index >= 15 is 0 Å². The highest BCUT2D eigenvalue weighted by Gasteiger charge is 2.21. The number of carbonyl (C=O) groups excluding carboxylic acids is 1. The fourth-order valence-corrected chi connectivity index (χ4v) is 4.03. The summed E-state index contributed by atoms with van der Waals surface area (Å²) in [4.78, 5) is 11.1. The minimum Gasteiger partial charge on any atom is -0.350 e. The van der Waals surface area contributed by atoms with Crippen LogP contribution in [0.3, 0.4) is 0 Å². The molecule has 26 heavy (non-hydrogen) atoms. The minimum atomic E-state index is -3.78.